The highest BCUT2D eigenvalue weighted by Gasteiger charge is 2.33. The van der Waals surface area contributed by atoms with Crippen LogP contribution >= 0.6 is 0 Å². The fraction of sp³-hybridized carbons (Fsp3) is 0.400. The van der Waals surface area contributed by atoms with Crippen molar-refractivity contribution in [2.75, 3.05) is 7.11 Å². The van der Waals surface area contributed by atoms with Gasteiger partial charge in [0.05, 0.1) is 5.76 Å². The van der Waals surface area contributed by atoms with E-state index in [0.29, 0.717) is 6.42 Å². The molecule has 0 heterocycles. The van der Waals surface area contributed by atoms with E-state index >= 15 is 0 Å². The lowest BCUT2D eigenvalue weighted by Gasteiger charge is -2.27. The molecule has 0 radical (unpaired) electrons. The van der Waals surface area contributed by atoms with Gasteiger partial charge < -0.3 is 9.76 Å². The molecule has 29 heavy (non-hydrogen) atoms. The lowest BCUT2D eigenvalue weighted by atomic mass is 9.55. The van der Waals surface area contributed by atoms with E-state index in [0.717, 1.165) is 55.1 Å². The van der Waals surface area contributed by atoms with Crippen molar-refractivity contribution in [3.63, 3.8) is 0 Å². The number of carbonyl (C=O) groups excluding carboxylic acids is 1. The second-order valence-corrected chi connectivity index (χ2v) is 8.24. The number of Topliss-reactive ketones (excluding diaryl/α,β-unsaturated/α-hetero) is 1. The first-order chi connectivity index (χ1) is 14.0. The molecule has 2 aromatic rings. The van der Waals surface area contributed by atoms with Crippen LogP contribution in [0.25, 0.3) is 0 Å². The van der Waals surface area contributed by atoms with Crippen LogP contribution in [0.5, 0.6) is 0 Å². The fourth-order valence-corrected chi connectivity index (χ4v) is 3.76. The van der Waals surface area contributed by atoms with Crippen LogP contribution in [0.1, 0.15) is 52.9 Å². The average Bonchev–Trinajstić information content (AvgIpc) is 2.86. The zero-order chi connectivity index (χ0) is 21.3. The molecule has 3 nitrogen and oxygen atoms in total. The molecule has 0 unspecified atom stereocenters. The summed E-state index contributed by atoms with van der Waals surface area (Å²) in [6, 6.07) is 20.6. The highest BCUT2D eigenvalue weighted by molar-refractivity contribution is 6.80. The molecule has 4 heteroatoms. The van der Waals surface area contributed by atoms with Gasteiger partial charge in [0.2, 0.25) is 0 Å². The fourth-order valence-electron chi connectivity index (χ4n) is 3.76. The van der Waals surface area contributed by atoms with Gasteiger partial charge in [-0.1, -0.05) is 87.9 Å². The van der Waals surface area contributed by atoms with Crippen LogP contribution in [0.2, 0.25) is 0 Å². The lowest BCUT2D eigenvalue weighted by Crippen LogP contribution is -2.45. The Kier molecular flexibility index (Phi) is 8.72. The molecule has 0 atom stereocenters. The van der Waals surface area contributed by atoms with Gasteiger partial charge in [-0.3, -0.25) is 4.79 Å². The molecule has 1 N–H and O–H groups in total. The molecule has 2 aromatic carbocycles. The van der Waals surface area contributed by atoms with E-state index in [2.05, 4.69) is 45.0 Å². The average molecular weight is 392 g/mol. The summed E-state index contributed by atoms with van der Waals surface area (Å²) in [5, 5.41) is 7.00. The van der Waals surface area contributed by atoms with Gasteiger partial charge in [0.25, 0.3) is 0 Å². The first-order valence-corrected chi connectivity index (χ1v) is 10.5. The zero-order valence-electron chi connectivity index (χ0n) is 18.2. The standard InChI is InChI=1S/C24H29BO2.CH4O/c1-4-11-21-22(26)16-17-24(2,3)18-23(21)27-25(19-12-7-5-8-13-19)20-14-9-6-10-15-20;1-2/h5-10,12-15H,4,11,16-18H2,1-3H3;2H,1H3. The van der Waals surface area contributed by atoms with E-state index in [-0.39, 0.29) is 18.1 Å². The van der Waals surface area contributed by atoms with Gasteiger partial charge in [-0.15, -0.1) is 0 Å². The number of aliphatic hydroxyl groups is 1. The molecule has 0 saturated heterocycles. The number of carbonyl (C=O) groups is 1. The van der Waals surface area contributed by atoms with Crippen molar-refractivity contribution in [3.8, 4) is 0 Å². The van der Waals surface area contributed by atoms with Gasteiger partial charge in [0, 0.05) is 25.5 Å². The highest BCUT2D eigenvalue weighted by Crippen LogP contribution is 2.37. The Balaban J connectivity index is 0.00000145. The maximum absolute atomic E-state index is 12.8. The predicted octanol–water partition coefficient (Wildman–Crippen LogP) is 4.25. The number of rotatable bonds is 6. The number of hydrogen-bond donors (Lipinski definition) is 1. The van der Waals surface area contributed by atoms with Gasteiger partial charge in [-0.2, -0.15) is 0 Å². The Morgan fingerprint density at radius 3 is 1.97 bits per heavy atom. The van der Waals surface area contributed by atoms with Gasteiger partial charge >= 0.3 is 6.92 Å². The molecule has 0 spiro atoms. The maximum Gasteiger partial charge on any atom is 0.426 e. The first-order valence-electron chi connectivity index (χ1n) is 10.5. The molecule has 0 bridgehead atoms. The molecule has 0 saturated carbocycles. The number of allylic oxidation sites excluding steroid dienone is 2. The summed E-state index contributed by atoms with van der Waals surface area (Å²) in [5.41, 5.74) is 3.20. The molecule has 1 aliphatic carbocycles. The maximum atomic E-state index is 12.8. The summed E-state index contributed by atoms with van der Waals surface area (Å²) < 4.78 is 6.67. The third kappa shape index (κ3) is 6.33. The SMILES string of the molecule is CCCC1=C(OB(c2ccccc2)c2ccccc2)CC(C)(C)CCC1=O.CO. The van der Waals surface area contributed by atoms with E-state index in [9.17, 15) is 4.79 Å². The molecular formula is C25H33BO3. The van der Waals surface area contributed by atoms with Crippen LogP contribution in [-0.4, -0.2) is 24.9 Å². The number of aliphatic hydroxyl groups excluding tert-OH is 1. The summed E-state index contributed by atoms with van der Waals surface area (Å²) in [6.45, 7) is 6.40. The minimum Gasteiger partial charge on any atom is -0.554 e. The van der Waals surface area contributed by atoms with Crippen molar-refractivity contribution >= 4 is 23.6 Å². The normalized spacial score (nSPS) is 15.8. The van der Waals surface area contributed by atoms with Crippen LogP contribution in [0.4, 0.5) is 0 Å². The Hall–Kier alpha value is -2.33. The zero-order valence-corrected chi connectivity index (χ0v) is 18.2. The summed E-state index contributed by atoms with van der Waals surface area (Å²) in [6.07, 6.45) is 4.09. The molecular weight excluding hydrogens is 359 g/mol. The van der Waals surface area contributed by atoms with Crippen molar-refractivity contribution in [3.05, 3.63) is 72.0 Å². The minimum absolute atomic E-state index is 0.0679. The molecule has 0 fully saturated rings. The van der Waals surface area contributed by atoms with E-state index in [4.69, 9.17) is 9.76 Å². The van der Waals surface area contributed by atoms with E-state index in [1.54, 1.807) is 0 Å². The van der Waals surface area contributed by atoms with E-state index in [1.165, 1.54) is 0 Å². The van der Waals surface area contributed by atoms with E-state index < -0.39 is 0 Å². The predicted molar refractivity (Wildman–Crippen MR) is 122 cm³/mol. The van der Waals surface area contributed by atoms with Crippen molar-refractivity contribution in [2.45, 2.75) is 52.9 Å². The van der Waals surface area contributed by atoms with Gasteiger partial charge in [-0.25, -0.2) is 0 Å². The molecule has 0 aromatic heterocycles. The van der Waals surface area contributed by atoms with Crippen molar-refractivity contribution in [1.29, 1.82) is 0 Å². The summed E-state index contributed by atoms with van der Waals surface area (Å²) in [4.78, 5) is 12.8. The van der Waals surface area contributed by atoms with Crippen LogP contribution < -0.4 is 10.9 Å². The van der Waals surface area contributed by atoms with E-state index in [1.807, 2.05) is 36.4 Å². The second-order valence-electron chi connectivity index (χ2n) is 8.24. The van der Waals surface area contributed by atoms with Crippen molar-refractivity contribution in [2.24, 2.45) is 5.41 Å². The molecule has 154 valence electrons. The first kappa shape index (κ1) is 23.0. The summed E-state index contributed by atoms with van der Waals surface area (Å²) in [7, 11) is 1.00. The Morgan fingerprint density at radius 2 is 1.48 bits per heavy atom. The van der Waals surface area contributed by atoms with Crippen LogP contribution in [0, 0.1) is 5.41 Å². The van der Waals surface area contributed by atoms with Crippen molar-refractivity contribution < 1.29 is 14.6 Å². The molecule has 0 aliphatic heterocycles. The van der Waals surface area contributed by atoms with Crippen LogP contribution in [0.3, 0.4) is 0 Å². The van der Waals surface area contributed by atoms with Crippen molar-refractivity contribution in [1.82, 2.24) is 0 Å². The monoisotopic (exact) mass is 392 g/mol. The van der Waals surface area contributed by atoms with Gasteiger partial charge in [-0.05, 0) is 29.2 Å². The third-order valence-electron chi connectivity index (χ3n) is 5.31. The smallest absolute Gasteiger partial charge is 0.426 e. The van der Waals surface area contributed by atoms with Crippen LogP contribution in [-0.2, 0) is 9.45 Å². The molecule has 3 rings (SSSR count). The highest BCUT2D eigenvalue weighted by atomic mass is 16.4. The molecule has 0 amide bonds. The number of benzene rings is 2. The Labute approximate surface area is 175 Å². The minimum atomic E-state index is -0.198. The largest absolute Gasteiger partial charge is 0.554 e. The third-order valence-corrected chi connectivity index (χ3v) is 5.31. The summed E-state index contributed by atoms with van der Waals surface area (Å²) in [5.74, 6) is 1.15. The Bertz CT molecular complexity index is 758. The molecule has 1 aliphatic rings. The Morgan fingerprint density at radius 1 is 0.966 bits per heavy atom. The summed E-state index contributed by atoms with van der Waals surface area (Å²) >= 11 is 0. The number of ketones is 1. The second kappa shape index (κ2) is 11.0. The van der Waals surface area contributed by atoms with Gasteiger partial charge in [0.1, 0.15) is 0 Å². The van der Waals surface area contributed by atoms with Gasteiger partial charge in [0.15, 0.2) is 5.78 Å². The lowest BCUT2D eigenvalue weighted by molar-refractivity contribution is -0.116. The topological polar surface area (TPSA) is 46.5 Å². The van der Waals surface area contributed by atoms with Crippen LogP contribution in [0.15, 0.2) is 72.0 Å². The quantitative estimate of drug-likeness (QED) is 0.748. The number of hydrogen-bond acceptors (Lipinski definition) is 3.